The van der Waals surface area contributed by atoms with Crippen molar-refractivity contribution in [1.82, 2.24) is 0 Å². The van der Waals surface area contributed by atoms with Crippen molar-refractivity contribution in [1.29, 1.82) is 0 Å². The van der Waals surface area contributed by atoms with Crippen LogP contribution in [0.25, 0.3) is 0 Å². The molecule has 5 heteroatoms. The number of halogens is 2. The Balaban J connectivity index is 2.11. The van der Waals surface area contributed by atoms with Gasteiger partial charge in [-0.1, -0.05) is 22.0 Å². The zero-order valence-electron chi connectivity index (χ0n) is 11.9. The summed E-state index contributed by atoms with van der Waals surface area (Å²) in [5.41, 5.74) is 7.08. The molecule has 1 atom stereocenters. The van der Waals surface area contributed by atoms with Gasteiger partial charge in [0.25, 0.3) is 0 Å². The second-order valence-electron chi connectivity index (χ2n) is 4.72. The van der Waals surface area contributed by atoms with Crippen LogP contribution in [-0.2, 0) is 6.61 Å². The quantitative estimate of drug-likeness (QED) is 0.876. The highest BCUT2D eigenvalue weighted by Gasteiger charge is 2.09. The van der Waals surface area contributed by atoms with Crippen molar-refractivity contribution < 1.29 is 13.9 Å². The molecule has 0 amide bonds. The molecule has 1 unspecified atom stereocenters. The van der Waals surface area contributed by atoms with Gasteiger partial charge in [-0.25, -0.2) is 4.39 Å². The lowest BCUT2D eigenvalue weighted by molar-refractivity contribution is 0.302. The molecule has 2 N–H and O–H groups in total. The van der Waals surface area contributed by atoms with Crippen molar-refractivity contribution in [3.63, 3.8) is 0 Å². The zero-order chi connectivity index (χ0) is 15.4. The van der Waals surface area contributed by atoms with Gasteiger partial charge in [-0.05, 0) is 31.2 Å². The molecule has 0 aromatic heterocycles. The Morgan fingerprint density at radius 3 is 2.52 bits per heavy atom. The van der Waals surface area contributed by atoms with Crippen LogP contribution in [0.4, 0.5) is 4.39 Å². The Bertz CT molecular complexity index is 632. The summed E-state index contributed by atoms with van der Waals surface area (Å²) in [5, 5.41) is 0. The van der Waals surface area contributed by atoms with Crippen LogP contribution in [-0.4, -0.2) is 7.11 Å². The van der Waals surface area contributed by atoms with E-state index in [2.05, 4.69) is 15.9 Å². The van der Waals surface area contributed by atoms with E-state index in [0.717, 1.165) is 15.8 Å². The molecular weight excluding hydrogens is 337 g/mol. The molecule has 3 nitrogen and oxygen atoms in total. The normalized spacial score (nSPS) is 12.0. The molecule has 0 saturated carbocycles. The van der Waals surface area contributed by atoms with Crippen molar-refractivity contribution in [3.8, 4) is 11.5 Å². The number of methoxy groups -OCH3 is 1. The maximum Gasteiger partial charge on any atom is 0.131 e. The summed E-state index contributed by atoms with van der Waals surface area (Å²) < 4.78 is 25.5. The first-order valence-corrected chi connectivity index (χ1v) is 7.31. The van der Waals surface area contributed by atoms with Gasteiger partial charge < -0.3 is 15.2 Å². The van der Waals surface area contributed by atoms with Crippen LogP contribution in [0.3, 0.4) is 0 Å². The van der Waals surface area contributed by atoms with Crippen LogP contribution in [0, 0.1) is 5.82 Å². The summed E-state index contributed by atoms with van der Waals surface area (Å²) in [4.78, 5) is 0. The Labute approximate surface area is 132 Å². The van der Waals surface area contributed by atoms with Gasteiger partial charge in [0.05, 0.1) is 7.11 Å². The number of hydrogen-bond donors (Lipinski definition) is 1. The molecule has 0 radical (unpaired) electrons. The van der Waals surface area contributed by atoms with E-state index >= 15 is 0 Å². The summed E-state index contributed by atoms with van der Waals surface area (Å²) in [6, 6.07) is 9.99. The number of rotatable bonds is 5. The first kappa shape index (κ1) is 15.8. The van der Waals surface area contributed by atoms with Gasteiger partial charge in [-0.15, -0.1) is 0 Å². The average molecular weight is 354 g/mol. The van der Waals surface area contributed by atoms with Crippen LogP contribution in [0.2, 0.25) is 0 Å². The van der Waals surface area contributed by atoms with E-state index in [0.29, 0.717) is 17.9 Å². The molecule has 0 aliphatic carbocycles. The number of ether oxygens (including phenoxy) is 2. The second-order valence-corrected chi connectivity index (χ2v) is 5.57. The minimum atomic E-state index is -0.354. The Hall–Kier alpha value is -1.59. The van der Waals surface area contributed by atoms with Crippen molar-refractivity contribution in [2.75, 3.05) is 7.11 Å². The SMILES string of the molecule is COc1ccc(Br)c(COc2ccc(C(C)N)c(F)c2)c1. The van der Waals surface area contributed by atoms with E-state index in [4.69, 9.17) is 15.2 Å². The minimum Gasteiger partial charge on any atom is -0.497 e. The van der Waals surface area contributed by atoms with Crippen molar-refractivity contribution in [2.24, 2.45) is 5.73 Å². The van der Waals surface area contributed by atoms with E-state index in [9.17, 15) is 4.39 Å². The van der Waals surface area contributed by atoms with Gasteiger partial charge in [0, 0.05) is 27.7 Å². The number of benzene rings is 2. The van der Waals surface area contributed by atoms with Gasteiger partial charge in [0.1, 0.15) is 23.9 Å². The molecule has 0 heterocycles. The summed E-state index contributed by atoms with van der Waals surface area (Å²) in [6.07, 6.45) is 0. The van der Waals surface area contributed by atoms with Crippen molar-refractivity contribution >= 4 is 15.9 Å². The molecule has 0 aliphatic heterocycles. The predicted molar refractivity (Wildman–Crippen MR) is 84.0 cm³/mol. The van der Waals surface area contributed by atoms with Crippen LogP contribution in [0.1, 0.15) is 24.1 Å². The highest BCUT2D eigenvalue weighted by Crippen LogP contribution is 2.25. The summed E-state index contributed by atoms with van der Waals surface area (Å²) >= 11 is 3.45. The van der Waals surface area contributed by atoms with E-state index in [1.807, 2.05) is 18.2 Å². The van der Waals surface area contributed by atoms with E-state index in [-0.39, 0.29) is 11.9 Å². The molecule has 0 aliphatic rings. The van der Waals surface area contributed by atoms with Crippen LogP contribution in [0.5, 0.6) is 11.5 Å². The first-order chi connectivity index (χ1) is 10.0. The number of nitrogens with two attached hydrogens (primary N) is 1. The zero-order valence-corrected chi connectivity index (χ0v) is 13.5. The molecular formula is C16H17BrFNO2. The fourth-order valence-corrected chi connectivity index (χ4v) is 2.28. The molecule has 2 aromatic rings. The highest BCUT2D eigenvalue weighted by atomic mass is 79.9. The van der Waals surface area contributed by atoms with Crippen LogP contribution >= 0.6 is 15.9 Å². The fraction of sp³-hybridized carbons (Fsp3) is 0.250. The number of hydrogen-bond acceptors (Lipinski definition) is 3. The van der Waals surface area contributed by atoms with Gasteiger partial charge in [-0.2, -0.15) is 0 Å². The van der Waals surface area contributed by atoms with Gasteiger partial charge >= 0.3 is 0 Å². The average Bonchev–Trinajstić information content (AvgIpc) is 2.46. The fourth-order valence-electron chi connectivity index (χ4n) is 1.92. The predicted octanol–water partition coefficient (Wildman–Crippen LogP) is 4.20. The smallest absolute Gasteiger partial charge is 0.131 e. The molecule has 2 rings (SSSR count). The van der Waals surface area contributed by atoms with Crippen molar-refractivity contribution in [2.45, 2.75) is 19.6 Å². The largest absolute Gasteiger partial charge is 0.497 e. The summed E-state index contributed by atoms with van der Waals surface area (Å²) in [6.45, 7) is 2.06. The lowest BCUT2D eigenvalue weighted by atomic mass is 10.1. The van der Waals surface area contributed by atoms with Gasteiger partial charge in [0.15, 0.2) is 0 Å². The third kappa shape index (κ3) is 3.95. The Kier molecular flexibility index (Phi) is 5.20. The van der Waals surface area contributed by atoms with Crippen molar-refractivity contribution in [3.05, 3.63) is 57.8 Å². The maximum absolute atomic E-state index is 13.8. The lowest BCUT2D eigenvalue weighted by Gasteiger charge is -2.12. The van der Waals surface area contributed by atoms with E-state index in [1.54, 1.807) is 26.2 Å². The van der Waals surface area contributed by atoms with E-state index in [1.165, 1.54) is 6.07 Å². The van der Waals surface area contributed by atoms with Crippen LogP contribution < -0.4 is 15.2 Å². The molecule has 112 valence electrons. The molecule has 2 aromatic carbocycles. The van der Waals surface area contributed by atoms with Crippen LogP contribution in [0.15, 0.2) is 40.9 Å². The third-order valence-corrected chi connectivity index (χ3v) is 3.88. The lowest BCUT2D eigenvalue weighted by Crippen LogP contribution is -2.07. The Morgan fingerprint density at radius 2 is 1.90 bits per heavy atom. The van der Waals surface area contributed by atoms with Gasteiger partial charge in [-0.3, -0.25) is 0 Å². The summed E-state index contributed by atoms with van der Waals surface area (Å²) in [7, 11) is 1.61. The Morgan fingerprint density at radius 1 is 1.19 bits per heavy atom. The first-order valence-electron chi connectivity index (χ1n) is 6.51. The van der Waals surface area contributed by atoms with Gasteiger partial charge in [0.2, 0.25) is 0 Å². The highest BCUT2D eigenvalue weighted by molar-refractivity contribution is 9.10. The molecule has 0 spiro atoms. The minimum absolute atomic E-state index is 0.314. The second kappa shape index (κ2) is 6.91. The summed E-state index contributed by atoms with van der Waals surface area (Å²) in [5.74, 6) is 0.856. The third-order valence-electron chi connectivity index (χ3n) is 3.11. The molecule has 0 bridgehead atoms. The molecule has 0 saturated heterocycles. The maximum atomic E-state index is 13.8. The van der Waals surface area contributed by atoms with E-state index < -0.39 is 0 Å². The molecule has 0 fully saturated rings. The monoisotopic (exact) mass is 353 g/mol. The standard InChI is InChI=1S/C16H17BrFNO2/c1-10(19)14-5-3-13(8-16(14)18)21-9-11-7-12(20-2)4-6-15(11)17/h3-8,10H,9,19H2,1-2H3. The topological polar surface area (TPSA) is 44.5 Å². The molecule has 21 heavy (non-hydrogen) atoms.